The summed E-state index contributed by atoms with van der Waals surface area (Å²) in [6.07, 6.45) is 7.94. The van der Waals surface area contributed by atoms with Crippen LogP contribution >= 0.6 is 0 Å². The average molecular weight is 400 g/mol. The van der Waals surface area contributed by atoms with Gasteiger partial charge in [0.15, 0.2) is 17.5 Å². The smallest absolute Gasteiger partial charge is 0.191 e. The number of nitrogens with zero attached hydrogens (tertiary/aromatic N) is 2. The molecule has 29 heavy (non-hydrogen) atoms. The molecule has 1 aromatic heterocycles. The van der Waals surface area contributed by atoms with E-state index in [2.05, 4.69) is 20.6 Å². The molecule has 2 N–H and O–H groups in total. The SMILES string of the molecule is CN=C(NCc1ccc(Oc2cccnc2)c(F)c1)NCC1(CCOC)CCC1. The highest BCUT2D eigenvalue weighted by Gasteiger charge is 2.36. The van der Waals surface area contributed by atoms with Crippen LogP contribution in [0.15, 0.2) is 47.7 Å². The van der Waals surface area contributed by atoms with E-state index in [4.69, 9.17) is 9.47 Å². The Labute approximate surface area is 171 Å². The lowest BCUT2D eigenvalue weighted by Crippen LogP contribution is -2.46. The molecule has 7 heteroatoms. The number of benzene rings is 1. The van der Waals surface area contributed by atoms with Gasteiger partial charge >= 0.3 is 0 Å². The first-order valence-corrected chi connectivity index (χ1v) is 9.94. The Kier molecular flexibility index (Phi) is 7.41. The highest BCUT2D eigenvalue weighted by molar-refractivity contribution is 5.79. The van der Waals surface area contributed by atoms with Gasteiger partial charge in [-0.2, -0.15) is 0 Å². The van der Waals surface area contributed by atoms with Gasteiger partial charge in [0.05, 0.1) is 6.20 Å². The average Bonchev–Trinajstić information content (AvgIpc) is 2.71. The van der Waals surface area contributed by atoms with Crippen LogP contribution in [0.1, 0.15) is 31.2 Å². The number of methoxy groups -OCH3 is 1. The van der Waals surface area contributed by atoms with Crippen molar-refractivity contribution in [3.63, 3.8) is 0 Å². The van der Waals surface area contributed by atoms with Gasteiger partial charge in [-0.1, -0.05) is 12.5 Å². The van der Waals surface area contributed by atoms with E-state index in [0.717, 1.165) is 25.1 Å². The highest BCUT2D eigenvalue weighted by atomic mass is 19.1. The van der Waals surface area contributed by atoms with Gasteiger partial charge in [0.1, 0.15) is 5.75 Å². The zero-order valence-electron chi connectivity index (χ0n) is 17.1. The lowest BCUT2D eigenvalue weighted by molar-refractivity contribution is 0.0732. The molecule has 0 aliphatic heterocycles. The van der Waals surface area contributed by atoms with Gasteiger partial charge in [0, 0.05) is 40.1 Å². The summed E-state index contributed by atoms with van der Waals surface area (Å²) in [6, 6.07) is 8.41. The van der Waals surface area contributed by atoms with Crippen molar-refractivity contribution in [1.82, 2.24) is 15.6 Å². The van der Waals surface area contributed by atoms with Crippen molar-refractivity contribution in [1.29, 1.82) is 0 Å². The monoisotopic (exact) mass is 400 g/mol. The molecule has 0 spiro atoms. The Morgan fingerprint density at radius 1 is 1.28 bits per heavy atom. The van der Waals surface area contributed by atoms with E-state index in [9.17, 15) is 4.39 Å². The second kappa shape index (κ2) is 10.2. The van der Waals surface area contributed by atoms with Gasteiger partial charge < -0.3 is 20.1 Å². The second-order valence-corrected chi connectivity index (χ2v) is 7.43. The molecular weight excluding hydrogens is 371 g/mol. The van der Waals surface area contributed by atoms with Crippen molar-refractivity contribution in [2.45, 2.75) is 32.2 Å². The van der Waals surface area contributed by atoms with Crippen LogP contribution in [-0.2, 0) is 11.3 Å². The number of halogens is 1. The van der Waals surface area contributed by atoms with E-state index >= 15 is 0 Å². The number of ether oxygens (including phenoxy) is 2. The number of rotatable bonds is 9. The standard InChI is InChI=1S/C22H29FN4O2/c1-24-21(27-16-22(8-4-9-22)10-12-28-2)26-14-17-6-7-20(19(23)13-17)29-18-5-3-11-25-15-18/h3,5-7,11,13,15H,4,8-10,12,14,16H2,1-2H3,(H2,24,26,27). The maximum absolute atomic E-state index is 14.4. The van der Waals surface area contributed by atoms with Crippen molar-refractivity contribution in [2.75, 3.05) is 27.3 Å². The molecule has 3 rings (SSSR count). The number of pyridine rings is 1. The number of nitrogens with one attached hydrogen (secondary N) is 2. The Morgan fingerprint density at radius 2 is 2.14 bits per heavy atom. The summed E-state index contributed by atoms with van der Waals surface area (Å²) in [5.74, 6) is 0.975. The van der Waals surface area contributed by atoms with E-state index in [-0.39, 0.29) is 5.75 Å². The molecule has 0 bridgehead atoms. The fourth-order valence-corrected chi connectivity index (χ4v) is 3.46. The Balaban J connectivity index is 1.51. The summed E-state index contributed by atoms with van der Waals surface area (Å²) in [7, 11) is 3.48. The Hall–Kier alpha value is -2.67. The minimum Gasteiger partial charge on any atom is -0.453 e. The van der Waals surface area contributed by atoms with Crippen molar-refractivity contribution >= 4 is 5.96 Å². The summed E-state index contributed by atoms with van der Waals surface area (Å²) in [5, 5.41) is 6.66. The van der Waals surface area contributed by atoms with Gasteiger partial charge in [-0.25, -0.2) is 4.39 Å². The van der Waals surface area contributed by atoms with Crippen LogP contribution in [0.3, 0.4) is 0 Å². The first-order chi connectivity index (χ1) is 14.1. The third-order valence-electron chi connectivity index (χ3n) is 5.42. The van der Waals surface area contributed by atoms with Crippen molar-refractivity contribution < 1.29 is 13.9 Å². The van der Waals surface area contributed by atoms with Gasteiger partial charge in [0.2, 0.25) is 0 Å². The maximum Gasteiger partial charge on any atom is 0.191 e. The maximum atomic E-state index is 14.4. The fraction of sp³-hybridized carbons (Fsp3) is 0.455. The largest absolute Gasteiger partial charge is 0.453 e. The molecule has 1 aliphatic rings. The predicted molar refractivity (Wildman–Crippen MR) is 112 cm³/mol. The zero-order valence-corrected chi connectivity index (χ0v) is 17.1. The third-order valence-corrected chi connectivity index (χ3v) is 5.42. The molecule has 6 nitrogen and oxygen atoms in total. The molecule has 0 radical (unpaired) electrons. The van der Waals surface area contributed by atoms with E-state index in [0.29, 0.717) is 23.7 Å². The number of guanidine groups is 1. The van der Waals surface area contributed by atoms with Gasteiger partial charge in [-0.3, -0.25) is 9.98 Å². The molecular formula is C22H29FN4O2. The molecule has 1 heterocycles. The van der Waals surface area contributed by atoms with Crippen LogP contribution in [-0.4, -0.2) is 38.3 Å². The topological polar surface area (TPSA) is 67.8 Å². The minimum absolute atomic E-state index is 0.175. The van der Waals surface area contributed by atoms with E-state index in [1.807, 2.05) is 6.07 Å². The molecule has 1 aliphatic carbocycles. The van der Waals surface area contributed by atoms with Crippen LogP contribution in [0.2, 0.25) is 0 Å². The quantitative estimate of drug-likeness (QED) is 0.494. The third kappa shape index (κ3) is 5.90. The molecule has 0 saturated heterocycles. The summed E-state index contributed by atoms with van der Waals surface area (Å²) < 4.78 is 25.2. The normalized spacial score (nSPS) is 15.5. The summed E-state index contributed by atoms with van der Waals surface area (Å²) in [6.45, 7) is 2.11. The zero-order chi connectivity index (χ0) is 20.5. The van der Waals surface area contributed by atoms with Gasteiger partial charge in [-0.15, -0.1) is 0 Å². The summed E-state index contributed by atoms with van der Waals surface area (Å²) in [5.41, 5.74) is 1.10. The van der Waals surface area contributed by atoms with Gasteiger partial charge in [-0.05, 0) is 54.5 Å². The van der Waals surface area contributed by atoms with Crippen molar-refractivity contribution in [2.24, 2.45) is 10.4 Å². The first kappa shape index (κ1) is 21.0. The lowest BCUT2D eigenvalue weighted by Gasteiger charge is -2.42. The second-order valence-electron chi connectivity index (χ2n) is 7.43. The Bertz CT molecular complexity index is 810. The molecule has 2 aromatic rings. The number of hydrogen-bond donors (Lipinski definition) is 2. The Morgan fingerprint density at radius 3 is 2.76 bits per heavy atom. The molecule has 1 fully saturated rings. The lowest BCUT2D eigenvalue weighted by atomic mass is 9.67. The minimum atomic E-state index is -0.413. The van der Waals surface area contributed by atoms with E-state index in [1.165, 1.54) is 25.3 Å². The highest BCUT2D eigenvalue weighted by Crippen LogP contribution is 2.43. The first-order valence-electron chi connectivity index (χ1n) is 9.94. The van der Waals surface area contributed by atoms with E-state index in [1.54, 1.807) is 44.8 Å². The predicted octanol–water partition coefficient (Wildman–Crippen LogP) is 3.88. The molecule has 0 unspecified atom stereocenters. The number of aliphatic imine (C=N–C) groups is 1. The van der Waals surface area contributed by atoms with Crippen LogP contribution in [0, 0.1) is 11.2 Å². The molecule has 1 saturated carbocycles. The van der Waals surface area contributed by atoms with Crippen molar-refractivity contribution in [3.8, 4) is 11.5 Å². The van der Waals surface area contributed by atoms with Crippen molar-refractivity contribution in [3.05, 3.63) is 54.1 Å². The number of aromatic nitrogens is 1. The van der Waals surface area contributed by atoms with Crippen LogP contribution < -0.4 is 15.4 Å². The molecule has 156 valence electrons. The van der Waals surface area contributed by atoms with Crippen LogP contribution in [0.5, 0.6) is 11.5 Å². The van der Waals surface area contributed by atoms with Crippen LogP contribution in [0.4, 0.5) is 4.39 Å². The van der Waals surface area contributed by atoms with E-state index < -0.39 is 5.82 Å². The molecule has 1 aromatic carbocycles. The van der Waals surface area contributed by atoms with Gasteiger partial charge in [0.25, 0.3) is 0 Å². The molecule has 0 atom stereocenters. The summed E-state index contributed by atoms with van der Waals surface area (Å²) >= 11 is 0. The summed E-state index contributed by atoms with van der Waals surface area (Å²) in [4.78, 5) is 8.24. The molecule has 0 amide bonds. The fourth-order valence-electron chi connectivity index (χ4n) is 3.46. The van der Waals surface area contributed by atoms with Crippen LogP contribution in [0.25, 0.3) is 0 Å². The number of hydrogen-bond acceptors (Lipinski definition) is 4.